The van der Waals surface area contributed by atoms with Crippen LogP contribution in [0.15, 0.2) is 24.3 Å². The largest absolute Gasteiger partial charge is 0.490 e. The molecular formula is C35H29F7N8O2S. The van der Waals surface area contributed by atoms with Gasteiger partial charge in [0.25, 0.3) is 0 Å². The molecule has 6 heterocycles. The molecule has 3 aliphatic rings. The number of halogens is 7. The number of fused-ring (bicyclic) bond motifs is 2. The van der Waals surface area contributed by atoms with Crippen LogP contribution in [0.2, 0.25) is 0 Å². The zero-order valence-corrected chi connectivity index (χ0v) is 28.6. The number of anilines is 3. The van der Waals surface area contributed by atoms with Crippen LogP contribution >= 0.6 is 11.3 Å². The molecule has 0 radical (unpaired) electrons. The molecular weight excluding hydrogens is 729 g/mol. The van der Waals surface area contributed by atoms with Gasteiger partial charge in [-0.2, -0.15) is 32.8 Å². The van der Waals surface area contributed by atoms with Crippen molar-refractivity contribution in [3.63, 3.8) is 0 Å². The van der Waals surface area contributed by atoms with Gasteiger partial charge in [-0.3, -0.25) is 4.90 Å². The van der Waals surface area contributed by atoms with E-state index >= 15 is 22.0 Å². The van der Waals surface area contributed by atoms with E-state index in [1.807, 2.05) is 4.90 Å². The molecule has 3 atom stereocenters. The number of ether oxygens (including phenoxy) is 2. The molecule has 2 aromatic carbocycles. The number of thiophene rings is 1. The van der Waals surface area contributed by atoms with E-state index in [0.717, 1.165) is 24.6 Å². The minimum absolute atomic E-state index is 0.0838. The van der Waals surface area contributed by atoms with Crippen molar-refractivity contribution in [2.45, 2.75) is 50.1 Å². The first-order chi connectivity index (χ1) is 25.2. The molecule has 8 rings (SSSR count). The van der Waals surface area contributed by atoms with Crippen molar-refractivity contribution < 1.29 is 40.2 Å². The highest BCUT2D eigenvalue weighted by atomic mass is 32.1. The Balaban J connectivity index is 1.41. The molecule has 3 aromatic heterocycles. The number of pyridine rings is 1. The van der Waals surface area contributed by atoms with Crippen molar-refractivity contribution in [3.05, 3.63) is 58.5 Å². The quantitative estimate of drug-likeness (QED) is 0.134. The maximum Gasteiger partial charge on any atom is 0.420 e. The summed E-state index contributed by atoms with van der Waals surface area (Å²) >= 11 is 0.644. The summed E-state index contributed by atoms with van der Waals surface area (Å²) in [4.78, 5) is 16.0. The van der Waals surface area contributed by atoms with Crippen LogP contribution in [-0.4, -0.2) is 64.4 Å². The number of nitriles is 1. The zero-order chi connectivity index (χ0) is 37.6. The molecule has 0 aliphatic carbocycles. The molecule has 276 valence electrons. The van der Waals surface area contributed by atoms with Gasteiger partial charge in [0.05, 0.1) is 33.8 Å². The number of hydrogen-bond donors (Lipinski definition) is 2. The Labute approximate surface area is 300 Å². The van der Waals surface area contributed by atoms with Gasteiger partial charge in [-0.15, -0.1) is 11.3 Å². The molecule has 0 amide bonds. The Morgan fingerprint density at radius 2 is 1.91 bits per heavy atom. The summed E-state index contributed by atoms with van der Waals surface area (Å²) in [6.45, 7) is 1.92. The molecule has 0 spiro atoms. The summed E-state index contributed by atoms with van der Waals surface area (Å²) in [6.07, 6.45) is -4.77. The van der Waals surface area contributed by atoms with E-state index in [4.69, 9.17) is 20.9 Å². The lowest BCUT2D eigenvalue weighted by atomic mass is 9.91. The van der Waals surface area contributed by atoms with E-state index in [1.165, 1.54) is 11.0 Å². The molecule has 2 saturated heterocycles. The Morgan fingerprint density at radius 3 is 2.64 bits per heavy atom. The van der Waals surface area contributed by atoms with E-state index in [0.29, 0.717) is 29.9 Å². The van der Waals surface area contributed by atoms with Crippen LogP contribution in [0.1, 0.15) is 48.9 Å². The Morgan fingerprint density at radius 1 is 1.11 bits per heavy atom. The van der Waals surface area contributed by atoms with E-state index in [1.54, 1.807) is 13.0 Å². The minimum Gasteiger partial charge on any atom is -0.490 e. The first-order valence-corrected chi connectivity index (χ1v) is 17.4. The summed E-state index contributed by atoms with van der Waals surface area (Å²) < 4.78 is 119. The number of nitrogens with two attached hydrogens (primary N) is 2. The zero-order valence-electron chi connectivity index (χ0n) is 27.8. The summed E-state index contributed by atoms with van der Waals surface area (Å²) in [5, 5.41) is 8.99. The van der Waals surface area contributed by atoms with Crippen molar-refractivity contribution in [1.82, 2.24) is 19.9 Å². The highest BCUT2D eigenvalue weighted by molar-refractivity contribution is 7.23. The first-order valence-electron chi connectivity index (χ1n) is 16.6. The number of alkyl halides is 4. The lowest BCUT2D eigenvalue weighted by Gasteiger charge is -2.32. The second-order valence-electron chi connectivity index (χ2n) is 13.4. The molecule has 18 heteroatoms. The van der Waals surface area contributed by atoms with Crippen molar-refractivity contribution in [2.24, 2.45) is 0 Å². The lowest BCUT2D eigenvalue weighted by molar-refractivity contribution is -0.138. The molecule has 0 saturated carbocycles. The Kier molecular flexibility index (Phi) is 8.22. The molecule has 0 bridgehead atoms. The van der Waals surface area contributed by atoms with Crippen molar-refractivity contribution in [2.75, 3.05) is 49.2 Å². The number of hydrogen-bond acceptors (Lipinski definition) is 11. The number of aromatic nitrogens is 3. The van der Waals surface area contributed by atoms with Gasteiger partial charge in [-0.05, 0) is 50.1 Å². The average molecular weight is 759 g/mol. The fourth-order valence-corrected chi connectivity index (χ4v) is 9.02. The maximum absolute atomic E-state index is 17.4. The molecule has 53 heavy (non-hydrogen) atoms. The molecule has 4 N–H and O–H groups in total. The van der Waals surface area contributed by atoms with Crippen LogP contribution in [0.25, 0.3) is 32.1 Å². The SMILES string of the molecule is C[C@H](c1ccc(F)nc1N)N1CCOc2c(C(F)(F)F)c(-c3ccc(F)c4sc(N)c(C#N)c34)c(F)c3nc(OC[C@@]45CCCN4C[C@H](F)C5)nc1c23. The van der Waals surface area contributed by atoms with Gasteiger partial charge in [0.2, 0.25) is 5.95 Å². The fourth-order valence-electron chi connectivity index (χ4n) is 8.07. The maximum atomic E-state index is 17.4. The third kappa shape index (κ3) is 5.50. The van der Waals surface area contributed by atoms with E-state index in [-0.39, 0.29) is 65.0 Å². The monoisotopic (exact) mass is 758 g/mol. The third-order valence-corrected chi connectivity index (χ3v) is 11.4. The fraction of sp³-hybridized carbons (Fsp3) is 0.371. The molecule has 2 fully saturated rings. The summed E-state index contributed by atoms with van der Waals surface area (Å²) in [7, 11) is 0. The molecule has 0 unspecified atom stereocenters. The standard InChI is InChI=1S/C35H29F7N8O2S/c1-15(17-4-6-21(38)46-30(17)44)50-9-10-51-28-24-27(47-33(48-32(24)50)52-14-34-7-2-8-49(34)13-16(36)11-34)26(39)23(25(28)35(40,41)42)18-3-5-20(37)29-22(18)19(12-43)31(45)53-29/h3-6,15-16H,2,7-11,13-14,45H2,1H3,(H2,44,46)/t15-,16-,34+/m1/s1. The molecule has 5 aromatic rings. The van der Waals surface area contributed by atoms with Gasteiger partial charge in [0.1, 0.15) is 64.7 Å². The van der Waals surface area contributed by atoms with Crippen molar-refractivity contribution in [3.8, 4) is 29.0 Å². The van der Waals surface area contributed by atoms with Crippen LogP contribution in [0.5, 0.6) is 11.8 Å². The second-order valence-corrected chi connectivity index (χ2v) is 14.4. The van der Waals surface area contributed by atoms with Crippen LogP contribution in [0, 0.1) is 28.9 Å². The first kappa shape index (κ1) is 34.9. The van der Waals surface area contributed by atoms with Gasteiger partial charge in [-0.25, -0.2) is 18.2 Å². The molecule has 10 nitrogen and oxygen atoms in total. The predicted molar refractivity (Wildman–Crippen MR) is 183 cm³/mol. The predicted octanol–water partition coefficient (Wildman–Crippen LogP) is 7.29. The highest BCUT2D eigenvalue weighted by Crippen LogP contribution is 2.54. The average Bonchev–Trinajstić information content (AvgIpc) is 3.70. The van der Waals surface area contributed by atoms with Crippen LogP contribution < -0.4 is 25.8 Å². The van der Waals surface area contributed by atoms with Gasteiger partial charge in [0.15, 0.2) is 5.82 Å². The van der Waals surface area contributed by atoms with Gasteiger partial charge in [0, 0.05) is 29.5 Å². The van der Waals surface area contributed by atoms with E-state index in [2.05, 4.69) is 15.0 Å². The van der Waals surface area contributed by atoms with Gasteiger partial charge in [-0.1, -0.05) is 6.07 Å². The smallest absolute Gasteiger partial charge is 0.420 e. The van der Waals surface area contributed by atoms with E-state index in [9.17, 15) is 14.0 Å². The molecule has 3 aliphatic heterocycles. The normalized spacial score (nSPS) is 20.7. The minimum atomic E-state index is -5.27. The second kappa shape index (κ2) is 12.5. The van der Waals surface area contributed by atoms with Gasteiger partial charge < -0.3 is 25.8 Å². The Hall–Kier alpha value is -5.15. The van der Waals surface area contributed by atoms with Gasteiger partial charge >= 0.3 is 12.2 Å². The topological polar surface area (TPSA) is 139 Å². The highest BCUT2D eigenvalue weighted by Gasteiger charge is 2.50. The number of nitrogens with zero attached hydrogens (tertiary/aromatic N) is 6. The Bertz CT molecular complexity index is 2370. The van der Waals surface area contributed by atoms with E-state index < -0.39 is 80.9 Å². The number of nitrogen functional groups attached to an aromatic ring is 2. The van der Waals surface area contributed by atoms with Crippen LogP contribution in [-0.2, 0) is 6.18 Å². The third-order valence-electron chi connectivity index (χ3n) is 10.4. The lowest BCUT2D eigenvalue weighted by Crippen LogP contribution is -2.43. The number of rotatable bonds is 6. The van der Waals surface area contributed by atoms with Crippen molar-refractivity contribution >= 4 is 49.0 Å². The van der Waals surface area contributed by atoms with Crippen LogP contribution in [0.3, 0.4) is 0 Å². The summed E-state index contributed by atoms with van der Waals surface area (Å²) in [6, 6.07) is 4.84. The van der Waals surface area contributed by atoms with Crippen molar-refractivity contribution in [1.29, 1.82) is 5.26 Å². The van der Waals surface area contributed by atoms with Crippen LogP contribution in [0.4, 0.5) is 47.4 Å². The summed E-state index contributed by atoms with van der Waals surface area (Å²) in [5.74, 6) is -4.39. The number of benzene rings is 2. The summed E-state index contributed by atoms with van der Waals surface area (Å²) in [5.41, 5.74) is 7.68.